The Bertz CT molecular complexity index is 1850. The number of hydrogen-bond donors (Lipinski definition) is 2. The Hall–Kier alpha value is -4.28. The minimum Gasteiger partial charge on any atom is -0.378 e. The van der Waals surface area contributed by atoms with Crippen molar-refractivity contribution in [2.75, 3.05) is 60.9 Å². The first-order valence-electron chi connectivity index (χ1n) is 14.6. The number of ether oxygens (including phenoxy) is 1. The average molecular weight is 674 g/mol. The van der Waals surface area contributed by atoms with Crippen LogP contribution in [0.1, 0.15) is 19.3 Å². The number of morpholine rings is 1. The van der Waals surface area contributed by atoms with Gasteiger partial charge in [-0.25, -0.2) is 36.5 Å². The number of benzene rings is 2. The van der Waals surface area contributed by atoms with Crippen LogP contribution in [0, 0.1) is 17.5 Å². The third-order valence-electron chi connectivity index (χ3n) is 7.53. The first kappa shape index (κ1) is 31.7. The van der Waals surface area contributed by atoms with Crippen LogP contribution in [-0.2, 0) is 19.6 Å². The summed E-state index contributed by atoms with van der Waals surface area (Å²) < 4.78 is 77.6. The van der Waals surface area contributed by atoms with Crippen LogP contribution in [-0.4, -0.2) is 80.1 Å². The van der Waals surface area contributed by atoms with Gasteiger partial charge in [0.15, 0.2) is 10.9 Å². The number of thiazole rings is 1. The fourth-order valence-corrected chi connectivity index (χ4v) is 7.46. The zero-order valence-electron chi connectivity index (χ0n) is 24.5. The minimum atomic E-state index is -4.68. The molecule has 2 saturated heterocycles. The lowest BCUT2D eigenvalue weighted by molar-refractivity contribution is -0.127. The van der Waals surface area contributed by atoms with Gasteiger partial charge in [-0.3, -0.25) is 9.52 Å². The lowest BCUT2D eigenvalue weighted by Crippen LogP contribution is -2.36. The number of nitrogens with one attached hydrogen (secondary N) is 2. The van der Waals surface area contributed by atoms with Gasteiger partial charge in [0.2, 0.25) is 11.9 Å². The van der Waals surface area contributed by atoms with E-state index in [1.54, 1.807) is 12.3 Å². The Morgan fingerprint density at radius 2 is 1.85 bits per heavy atom. The predicted octanol–water partition coefficient (Wildman–Crippen LogP) is 4.75. The van der Waals surface area contributed by atoms with Crippen LogP contribution in [0.3, 0.4) is 0 Å². The van der Waals surface area contributed by atoms with E-state index in [1.807, 2.05) is 9.80 Å². The molecular weight excluding hydrogens is 644 g/mol. The molecule has 0 atom stereocenters. The molecule has 0 aliphatic carbocycles. The number of carbonyl (C=O) groups is 1. The van der Waals surface area contributed by atoms with Crippen LogP contribution in [0.25, 0.3) is 21.8 Å². The van der Waals surface area contributed by atoms with E-state index in [2.05, 4.69) is 20.0 Å². The van der Waals surface area contributed by atoms with Crippen molar-refractivity contribution in [1.29, 1.82) is 0 Å². The summed E-state index contributed by atoms with van der Waals surface area (Å²) in [4.78, 5) is 29.0. The van der Waals surface area contributed by atoms with Crippen molar-refractivity contribution in [3.8, 4) is 21.8 Å². The number of sulfonamides is 1. The first-order valence-corrected chi connectivity index (χ1v) is 16.9. The zero-order chi connectivity index (χ0) is 32.3. The van der Waals surface area contributed by atoms with Gasteiger partial charge in [0.05, 0.1) is 35.2 Å². The molecule has 0 saturated carbocycles. The molecule has 0 spiro atoms. The Balaban J connectivity index is 1.31. The van der Waals surface area contributed by atoms with E-state index in [9.17, 15) is 22.0 Å². The molecule has 2 aliphatic heterocycles. The topological polar surface area (TPSA) is 130 Å². The van der Waals surface area contributed by atoms with E-state index >= 15 is 4.39 Å². The maximum Gasteiger partial charge on any atom is 0.265 e. The molecule has 242 valence electrons. The number of hydrogen-bond acceptors (Lipinski definition) is 10. The minimum absolute atomic E-state index is 0.0194. The lowest BCUT2D eigenvalue weighted by Gasteiger charge is -2.26. The molecule has 6 rings (SSSR count). The van der Waals surface area contributed by atoms with Crippen molar-refractivity contribution in [3.05, 3.63) is 66.1 Å². The van der Waals surface area contributed by atoms with Gasteiger partial charge in [-0.15, -0.1) is 0 Å². The number of carbonyl (C=O) groups excluding carboxylic acids is 1. The van der Waals surface area contributed by atoms with Crippen LogP contribution < -0.4 is 14.9 Å². The quantitative estimate of drug-likeness (QED) is 0.217. The SMILES string of the molecule is O=C1CCCN1CCCNc1nccc(-c2sc(N3CCOCC3)nc2-c2cccc(NS(=O)(=O)c3cc(F)ccc3F)c2F)n1. The Kier molecular flexibility index (Phi) is 9.37. The second kappa shape index (κ2) is 13.6. The maximum absolute atomic E-state index is 16.1. The molecule has 0 radical (unpaired) electrons. The normalized spacial score (nSPS) is 15.4. The number of amides is 1. The summed E-state index contributed by atoms with van der Waals surface area (Å²) in [7, 11) is -4.68. The number of nitrogens with zero attached hydrogens (tertiary/aromatic N) is 5. The van der Waals surface area contributed by atoms with Crippen LogP contribution in [0.5, 0.6) is 0 Å². The average Bonchev–Trinajstić information content (AvgIpc) is 3.68. The fraction of sp³-hybridized carbons (Fsp3) is 0.333. The second-order valence-corrected chi connectivity index (χ2v) is 13.3. The van der Waals surface area contributed by atoms with Crippen molar-refractivity contribution in [1.82, 2.24) is 19.9 Å². The molecule has 2 N–H and O–H groups in total. The van der Waals surface area contributed by atoms with Crippen molar-refractivity contribution in [2.45, 2.75) is 24.2 Å². The standard InChI is InChI=1S/C30H30F3N7O4S2/c31-19-7-8-21(32)24(18-19)46(42,43)38-22-5-1-4-20(26(22)33)27-28(45-30(37-27)40-14-16-44-17-15-40)23-9-11-35-29(36-23)34-10-3-13-39-12-2-6-25(39)41/h1,4-5,7-9,11,18,38H,2-3,6,10,12-17H2,(H,34,35,36). The molecule has 11 nitrogen and oxygen atoms in total. The van der Waals surface area contributed by atoms with E-state index in [0.29, 0.717) is 86.0 Å². The van der Waals surface area contributed by atoms with Crippen LogP contribution in [0.15, 0.2) is 53.6 Å². The van der Waals surface area contributed by atoms with Gasteiger partial charge < -0.3 is 19.9 Å². The summed E-state index contributed by atoms with van der Waals surface area (Å²) in [6.45, 7) is 4.08. The Morgan fingerprint density at radius 3 is 2.63 bits per heavy atom. The smallest absolute Gasteiger partial charge is 0.265 e. The molecule has 1 amide bonds. The van der Waals surface area contributed by atoms with Crippen molar-refractivity contribution >= 4 is 44.0 Å². The van der Waals surface area contributed by atoms with Crippen molar-refractivity contribution in [3.63, 3.8) is 0 Å². The van der Waals surface area contributed by atoms with Gasteiger partial charge in [-0.1, -0.05) is 17.4 Å². The molecule has 2 aromatic heterocycles. The van der Waals surface area contributed by atoms with Gasteiger partial charge in [0, 0.05) is 50.9 Å². The van der Waals surface area contributed by atoms with E-state index in [1.165, 1.54) is 29.5 Å². The first-order chi connectivity index (χ1) is 22.2. The van der Waals surface area contributed by atoms with Gasteiger partial charge in [-0.2, -0.15) is 0 Å². The predicted molar refractivity (Wildman–Crippen MR) is 168 cm³/mol. The van der Waals surface area contributed by atoms with Gasteiger partial charge in [0.25, 0.3) is 10.0 Å². The highest BCUT2D eigenvalue weighted by molar-refractivity contribution is 7.92. The molecular formula is C30H30F3N7O4S2. The Labute approximate surface area is 267 Å². The number of anilines is 3. The number of rotatable bonds is 11. The van der Waals surface area contributed by atoms with Crippen molar-refractivity contribution in [2.24, 2.45) is 0 Å². The van der Waals surface area contributed by atoms with E-state index in [-0.39, 0.29) is 17.2 Å². The monoisotopic (exact) mass is 673 g/mol. The third kappa shape index (κ3) is 6.93. The highest BCUT2D eigenvalue weighted by Gasteiger charge is 2.27. The summed E-state index contributed by atoms with van der Waals surface area (Å²) in [5.74, 6) is -2.58. The second-order valence-electron chi connectivity index (χ2n) is 10.7. The van der Waals surface area contributed by atoms with Crippen LogP contribution >= 0.6 is 11.3 Å². The van der Waals surface area contributed by atoms with Crippen molar-refractivity contribution < 1.29 is 31.1 Å². The number of halogens is 3. The highest BCUT2D eigenvalue weighted by Crippen LogP contribution is 2.42. The number of aromatic nitrogens is 3. The van der Waals surface area contributed by atoms with Gasteiger partial charge in [-0.05, 0) is 49.2 Å². The summed E-state index contributed by atoms with van der Waals surface area (Å²) in [6.07, 6.45) is 3.74. The van der Waals surface area contributed by atoms with Crippen LogP contribution in [0.4, 0.5) is 29.9 Å². The zero-order valence-corrected chi connectivity index (χ0v) is 26.1. The maximum atomic E-state index is 16.1. The summed E-state index contributed by atoms with van der Waals surface area (Å²) in [5, 5.41) is 3.78. The third-order valence-corrected chi connectivity index (χ3v) is 10.0. The lowest BCUT2D eigenvalue weighted by atomic mass is 10.1. The van der Waals surface area contributed by atoms with Gasteiger partial charge >= 0.3 is 0 Å². The van der Waals surface area contributed by atoms with E-state index < -0.39 is 38.1 Å². The van der Waals surface area contributed by atoms with E-state index in [4.69, 9.17) is 9.72 Å². The summed E-state index contributed by atoms with van der Waals surface area (Å²) >= 11 is 1.30. The molecule has 4 aromatic rings. The fourth-order valence-electron chi connectivity index (χ4n) is 5.21. The highest BCUT2D eigenvalue weighted by atomic mass is 32.2. The largest absolute Gasteiger partial charge is 0.378 e. The molecule has 2 aromatic carbocycles. The molecule has 4 heterocycles. The van der Waals surface area contributed by atoms with E-state index in [0.717, 1.165) is 19.0 Å². The van der Waals surface area contributed by atoms with Gasteiger partial charge in [0.1, 0.15) is 16.5 Å². The molecule has 16 heteroatoms. The molecule has 2 aliphatic rings. The molecule has 0 bridgehead atoms. The molecule has 2 fully saturated rings. The Morgan fingerprint density at radius 1 is 1.02 bits per heavy atom. The molecule has 0 unspecified atom stereocenters. The van der Waals surface area contributed by atoms with Crippen LogP contribution in [0.2, 0.25) is 0 Å². The summed E-state index contributed by atoms with van der Waals surface area (Å²) in [5.41, 5.74) is 0.203. The summed E-state index contributed by atoms with van der Waals surface area (Å²) in [6, 6.07) is 7.75. The number of likely N-dealkylation sites (tertiary alicyclic amines) is 1. The molecule has 46 heavy (non-hydrogen) atoms.